The second-order valence-corrected chi connectivity index (χ2v) is 5.58. The van der Waals surface area contributed by atoms with Gasteiger partial charge in [0.25, 0.3) is 11.8 Å². The molecule has 0 fully saturated rings. The lowest BCUT2D eigenvalue weighted by molar-refractivity contribution is 0.0708. The van der Waals surface area contributed by atoms with Crippen LogP contribution in [0.2, 0.25) is 0 Å². The maximum Gasteiger partial charge on any atom is 0.275 e. The first-order valence-electron chi connectivity index (χ1n) is 7.59. The molecule has 4 N–H and O–H groups in total. The molecule has 0 aliphatic heterocycles. The molecule has 0 saturated heterocycles. The van der Waals surface area contributed by atoms with Gasteiger partial charge in [0.1, 0.15) is 5.75 Å². The maximum absolute atomic E-state index is 12.7. The summed E-state index contributed by atoms with van der Waals surface area (Å²) in [5.74, 6) is -1.18. The number of fused-ring (bicyclic) bond motifs is 1. The van der Waals surface area contributed by atoms with Crippen molar-refractivity contribution in [1.82, 2.24) is 5.48 Å². The van der Waals surface area contributed by atoms with E-state index in [0.29, 0.717) is 16.3 Å². The van der Waals surface area contributed by atoms with E-state index < -0.39 is 11.8 Å². The Labute approximate surface area is 143 Å². The van der Waals surface area contributed by atoms with E-state index in [1.54, 1.807) is 60.9 Å². The molecule has 0 saturated carbocycles. The van der Waals surface area contributed by atoms with Crippen molar-refractivity contribution in [2.75, 3.05) is 5.32 Å². The normalized spacial score (nSPS) is 10.5. The molecule has 3 rings (SSSR count). The number of aromatic hydroxyl groups is 1. The number of hydrogen-bond donors (Lipinski definition) is 4. The Morgan fingerprint density at radius 2 is 1.48 bits per heavy atom. The molecule has 6 nitrogen and oxygen atoms in total. The van der Waals surface area contributed by atoms with Gasteiger partial charge in [0, 0.05) is 10.9 Å². The number of hydrogen-bond acceptors (Lipinski definition) is 4. The van der Waals surface area contributed by atoms with E-state index in [1.807, 2.05) is 0 Å². The molecule has 126 valence electrons. The van der Waals surface area contributed by atoms with Crippen molar-refractivity contribution in [1.29, 1.82) is 0 Å². The first-order valence-corrected chi connectivity index (χ1v) is 7.59. The third-order valence-corrected chi connectivity index (χ3v) is 3.98. The lowest BCUT2D eigenvalue weighted by Gasteiger charge is -2.12. The van der Waals surface area contributed by atoms with Gasteiger partial charge in [-0.3, -0.25) is 14.8 Å². The topological polar surface area (TPSA) is 98.7 Å². The van der Waals surface area contributed by atoms with Crippen LogP contribution in [-0.4, -0.2) is 22.1 Å². The zero-order valence-corrected chi connectivity index (χ0v) is 13.4. The van der Waals surface area contributed by atoms with Gasteiger partial charge in [-0.25, -0.2) is 5.48 Å². The Morgan fingerprint density at radius 3 is 2.12 bits per heavy atom. The van der Waals surface area contributed by atoms with Crippen LogP contribution in [0.5, 0.6) is 5.75 Å². The monoisotopic (exact) mass is 336 g/mol. The summed E-state index contributed by atoms with van der Waals surface area (Å²) in [5, 5.41) is 22.8. The van der Waals surface area contributed by atoms with Crippen molar-refractivity contribution < 1.29 is 19.9 Å². The quantitative estimate of drug-likeness (QED) is 0.335. The minimum atomic E-state index is -0.704. The third-order valence-electron chi connectivity index (χ3n) is 3.98. The highest BCUT2D eigenvalue weighted by Gasteiger charge is 2.18. The Balaban J connectivity index is 2.10. The second-order valence-electron chi connectivity index (χ2n) is 5.58. The fourth-order valence-corrected chi connectivity index (χ4v) is 2.73. The van der Waals surface area contributed by atoms with Crippen LogP contribution >= 0.6 is 0 Å². The number of nitrogens with one attached hydrogen (secondary N) is 2. The molecule has 2 amide bonds. The smallest absolute Gasteiger partial charge is 0.275 e. The molecular weight excluding hydrogens is 320 g/mol. The minimum absolute atomic E-state index is 0.00980. The fraction of sp³-hybridized carbons (Fsp3) is 0.0526. The third kappa shape index (κ3) is 3.02. The van der Waals surface area contributed by atoms with Gasteiger partial charge in [-0.15, -0.1) is 0 Å². The van der Waals surface area contributed by atoms with Gasteiger partial charge >= 0.3 is 0 Å². The van der Waals surface area contributed by atoms with Crippen LogP contribution in [0.25, 0.3) is 10.8 Å². The van der Waals surface area contributed by atoms with Crippen LogP contribution in [0.4, 0.5) is 5.69 Å². The highest BCUT2D eigenvalue weighted by atomic mass is 16.5. The molecule has 0 aromatic heterocycles. The average molecular weight is 336 g/mol. The van der Waals surface area contributed by atoms with Gasteiger partial charge in [0.15, 0.2) is 0 Å². The largest absolute Gasteiger partial charge is 0.505 e. The molecule has 0 atom stereocenters. The Kier molecular flexibility index (Phi) is 4.36. The van der Waals surface area contributed by atoms with Crippen LogP contribution in [0.15, 0.2) is 54.6 Å². The number of para-hydroxylation sites is 1. The van der Waals surface area contributed by atoms with Crippen LogP contribution in [-0.2, 0) is 0 Å². The molecule has 0 heterocycles. The zero-order valence-electron chi connectivity index (χ0n) is 13.4. The molecule has 0 unspecified atom stereocenters. The van der Waals surface area contributed by atoms with Crippen LogP contribution in [0, 0.1) is 6.92 Å². The molecule has 3 aromatic carbocycles. The maximum atomic E-state index is 12.7. The number of hydroxylamine groups is 1. The summed E-state index contributed by atoms with van der Waals surface area (Å²) in [6.07, 6.45) is 0. The van der Waals surface area contributed by atoms with E-state index >= 15 is 0 Å². The van der Waals surface area contributed by atoms with Gasteiger partial charge < -0.3 is 10.4 Å². The van der Waals surface area contributed by atoms with E-state index in [0.717, 1.165) is 0 Å². The molecule has 6 heteroatoms. The number of aryl methyl sites for hydroxylation is 1. The predicted molar refractivity (Wildman–Crippen MR) is 94.0 cm³/mol. The molecule has 0 aliphatic rings. The number of benzene rings is 3. The standard InChI is InChI=1S/C19H16N2O4/c1-11-5-2-10-15(17(11)22)20-18(23)13-8-3-6-12-7-4-9-14(16(12)13)19(24)21-25/h2-10,22,25H,1H3,(H,20,23)(H,21,24). The summed E-state index contributed by atoms with van der Waals surface area (Å²) in [6.45, 7) is 1.73. The fourth-order valence-electron chi connectivity index (χ4n) is 2.73. The van der Waals surface area contributed by atoms with Crippen LogP contribution in [0.1, 0.15) is 26.3 Å². The molecule has 0 radical (unpaired) electrons. The molecule has 25 heavy (non-hydrogen) atoms. The van der Waals surface area contributed by atoms with Crippen LogP contribution in [0.3, 0.4) is 0 Å². The van der Waals surface area contributed by atoms with Gasteiger partial charge in [-0.2, -0.15) is 0 Å². The summed E-state index contributed by atoms with van der Waals surface area (Å²) in [7, 11) is 0. The zero-order chi connectivity index (χ0) is 18.0. The number of carbonyl (C=O) groups excluding carboxylic acids is 2. The van der Waals surface area contributed by atoms with E-state index in [4.69, 9.17) is 5.21 Å². The van der Waals surface area contributed by atoms with Crippen molar-refractivity contribution in [2.24, 2.45) is 0 Å². The van der Waals surface area contributed by atoms with Crippen molar-refractivity contribution in [2.45, 2.75) is 6.92 Å². The van der Waals surface area contributed by atoms with Gasteiger partial charge in [-0.1, -0.05) is 36.4 Å². The Bertz CT molecular complexity index is 977. The highest BCUT2D eigenvalue weighted by molar-refractivity contribution is 6.18. The Morgan fingerprint density at radius 1 is 0.880 bits per heavy atom. The summed E-state index contributed by atoms with van der Waals surface area (Å²) >= 11 is 0. The van der Waals surface area contributed by atoms with E-state index in [9.17, 15) is 14.7 Å². The summed E-state index contributed by atoms with van der Waals surface area (Å²) < 4.78 is 0. The number of carbonyl (C=O) groups is 2. The highest BCUT2D eigenvalue weighted by Crippen LogP contribution is 2.29. The summed E-state index contributed by atoms with van der Waals surface area (Å²) in [6, 6.07) is 15.1. The van der Waals surface area contributed by atoms with Crippen LogP contribution < -0.4 is 10.8 Å². The number of phenolic OH excluding ortho intramolecular Hbond substituents is 1. The predicted octanol–water partition coefficient (Wildman–Crippen LogP) is 3.23. The summed E-state index contributed by atoms with van der Waals surface area (Å²) in [4.78, 5) is 24.7. The van der Waals surface area contributed by atoms with E-state index in [-0.39, 0.29) is 22.6 Å². The lowest BCUT2D eigenvalue weighted by Crippen LogP contribution is -2.20. The summed E-state index contributed by atoms with van der Waals surface area (Å²) in [5.41, 5.74) is 2.96. The first kappa shape index (κ1) is 16.5. The van der Waals surface area contributed by atoms with E-state index in [2.05, 4.69) is 5.32 Å². The number of phenols is 1. The molecule has 0 aliphatic carbocycles. The van der Waals surface area contributed by atoms with Crippen molar-refractivity contribution in [3.05, 3.63) is 71.3 Å². The number of anilines is 1. The first-order chi connectivity index (χ1) is 12.0. The average Bonchev–Trinajstić information content (AvgIpc) is 2.63. The van der Waals surface area contributed by atoms with Crippen molar-refractivity contribution >= 4 is 28.3 Å². The second kappa shape index (κ2) is 6.62. The minimum Gasteiger partial charge on any atom is -0.505 e. The van der Waals surface area contributed by atoms with Gasteiger partial charge in [0.2, 0.25) is 0 Å². The van der Waals surface area contributed by atoms with Gasteiger partial charge in [-0.05, 0) is 36.1 Å². The van der Waals surface area contributed by atoms with Crippen molar-refractivity contribution in [3.8, 4) is 5.75 Å². The molecular formula is C19H16N2O4. The lowest BCUT2D eigenvalue weighted by atomic mass is 9.98. The van der Waals surface area contributed by atoms with E-state index in [1.165, 1.54) is 6.07 Å². The molecule has 0 spiro atoms. The number of rotatable bonds is 3. The molecule has 3 aromatic rings. The van der Waals surface area contributed by atoms with Gasteiger partial charge in [0.05, 0.1) is 11.3 Å². The SMILES string of the molecule is Cc1cccc(NC(=O)c2cccc3cccc(C(=O)NO)c23)c1O. The Hall–Kier alpha value is -3.38. The number of amides is 2. The van der Waals surface area contributed by atoms with Crippen molar-refractivity contribution in [3.63, 3.8) is 0 Å². The molecule has 0 bridgehead atoms.